The summed E-state index contributed by atoms with van der Waals surface area (Å²) in [4.78, 5) is 13.7. The second-order valence-electron chi connectivity index (χ2n) is 5.40. The third-order valence-corrected chi connectivity index (χ3v) is 4.08. The molecule has 110 valence electrons. The predicted molar refractivity (Wildman–Crippen MR) is 77.5 cm³/mol. The molecule has 0 spiro atoms. The van der Waals surface area contributed by atoms with Crippen molar-refractivity contribution >= 4 is 5.97 Å². The number of carboxylic acid groups (broad SMARTS) is 1. The number of aliphatic carboxylic acids is 1. The highest BCUT2D eigenvalue weighted by Crippen LogP contribution is 2.30. The minimum absolute atomic E-state index is 0.00683. The first-order valence-electron chi connectivity index (χ1n) is 7.38. The van der Waals surface area contributed by atoms with Gasteiger partial charge in [-0.3, -0.25) is 9.69 Å². The summed E-state index contributed by atoms with van der Waals surface area (Å²) in [6.07, 6.45) is 5.57. The Labute approximate surface area is 120 Å². The molecule has 1 aliphatic rings. The Morgan fingerprint density at radius 2 is 1.85 bits per heavy atom. The summed E-state index contributed by atoms with van der Waals surface area (Å²) in [5, 5.41) is 18.9. The van der Waals surface area contributed by atoms with Gasteiger partial charge >= 0.3 is 5.97 Å². The van der Waals surface area contributed by atoms with Crippen LogP contribution in [0.25, 0.3) is 0 Å². The van der Waals surface area contributed by atoms with Gasteiger partial charge in [-0.05, 0) is 18.4 Å². The van der Waals surface area contributed by atoms with Crippen molar-refractivity contribution in [1.82, 2.24) is 4.90 Å². The van der Waals surface area contributed by atoms with Crippen LogP contribution in [0.2, 0.25) is 0 Å². The number of carboxylic acids is 1. The normalized spacial score (nSPS) is 18.1. The number of benzene rings is 1. The Bertz CT molecular complexity index is 415. The van der Waals surface area contributed by atoms with E-state index in [-0.39, 0.29) is 12.6 Å². The molecule has 0 bridgehead atoms. The molecule has 0 radical (unpaired) electrons. The van der Waals surface area contributed by atoms with Gasteiger partial charge < -0.3 is 10.2 Å². The fraction of sp³-hybridized carbons (Fsp3) is 0.562. The highest BCUT2D eigenvalue weighted by Gasteiger charge is 2.32. The van der Waals surface area contributed by atoms with Gasteiger partial charge in [0.1, 0.15) is 6.04 Å². The molecule has 4 heteroatoms. The van der Waals surface area contributed by atoms with Crippen LogP contribution in [0.4, 0.5) is 0 Å². The van der Waals surface area contributed by atoms with E-state index in [0.29, 0.717) is 6.54 Å². The first kappa shape index (κ1) is 15.0. The van der Waals surface area contributed by atoms with Gasteiger partial charge in [-0.1, -0.05) is 49.6 Å². The summed E-state index contributed by atoms with van der Waals surface area (Å²) in [6.45, 7) is 0.406. The monoisotopic (exact) mass is 277 g/mol. The van der Waals surface area contributed by atoms with Gasteiger partial charge in [-0.25, -0.2) is 0 Å². The number of aliphatic hydroxyl groups excluding tert-OH is 1. The Morgan fingerprint density at radius 1 is 1.20 bits per heavy atom. The van der Waals surface area contributed by atoms with E-state index in [1.54, 1.807) is 0 Å². The predicted octanol–water partition coefficient (Wildman–Crippen LogP) is 2.44. The fourth-order valence-electron chi connectivity index (χ4n) is 3.16. The number of aliphatic hydroxyl groups is 1. The van der Waals surface area contributed by atoms with Crippen LogP contribution in [0.1, 0.15) is 43.7 Å². The number of hydrogen-bond acceptors (Lipinski definition) is 3. The molecule has 0 aromatic heterocycles. The van der Waals surface area contributed by atoms with Crippen LogP contribution in [-0.4, -0.2) is 40.3 Å². The standard InChI is InChI=1S/C16H23NO3/c18-12-11-17(14-9-5-2-6-10-14)15(16(19)20)13-7-3-1-4-8-13/h1,3-4,7-8,14-15,18H,2,5-6,9-12H2,(H,19,20). The second kappa shape index (κ2) is 7.41. The van der Waals surface area contributed by atoms with Crippen molar-refractivity contribution in [1.29, 1.82) is 0 Å². The smallest absolute Gasteiger partial charge is 0.325 e. The van der Waals surface area contributed by atoms with Crippen molar-refractivity contribution < 1.29 is 15.0 Å². The summed E-state index contributed by atoms with van der Waals surface area (Å²) in [5.41, 5.74) is 0.791. The SMILES string of the molecule is O=C(O)C(c1ccccc1)N(CCO)C1CCCCC1. The van der Waals surface area contributed by atoms with Crippen molar-refractivity contribution in [2.45, 2.75) is 44.2 Å². The van der Waals surface area contributed by atoms with E-state index < -0.39 is 12.0 Å². The van der Waals surface area contributed by atoms with Gasteiger partial charge in [-0.15, -0.1) is 0 Å². The average molecular weight is 277 g/mol. The molecule has 1 aromatic carbocycles. The van der Waals surface area contributed by atoms with Crippen molar-refractivity contribution in [2.75, 3.05) is 13.2 Å². The topological polar surface area (TPSA) is 60.8 Å². The molecular formula is C16H23NO3. The van der Waals surface area contributed by atoms with Gasteiger partial charge in [0.25, 0.3) is 0 Å². The summed E-state index contributed by atoms with van der Waals surface area (Å²) in [5.74, 6) is -0.838. The molecule has 0 saturated heterocycles. The highest BCUT2D eigenvalue weighted by atomic mass is 16.4. The zero-order valence-electron chi connectivity index (χ0n) is 11.7. The Kier molecular flexibility index (Phi) is 5.56. The maximum Gasteiger partial charge on any atom is 0.325 e. The zero-order valence-corrected chi connectivity index (χ0v) is 11.7. The minimum atomic E-state index is -0.838. The molecule has 0 aliphatic heterocycles. The lowest BCUT2D eigenvalue weighted by atomic mass is 9.92. The van der Waals surface area contributed by atoms with E-state index in [4.69, 9.17) is 0 Å². The van der Waals surface area contributed by atoms with E-state index in [0.717, 1.165) is 31.2 Å². The van der Waals surface area contributed by atoms with E-state index in [1.165, 1.54) is 6.42 Å². The lowest BCUT2D eigenvalue weighted by molar-refractivity contribution is -0.145. The summed E-state index contributed by atoms with van der Waals surface area (Å²) in [6, 6.07) is 8.92. The molecule has 0 amide bonds. The summed E-state index contributed by atoms with van der Waals surface area (Å²) < 4.78 is 0. The third kappa shape index (κ3) is 3.58. The van der Waals surface area contributed by atoms with Crippen molar-refractivity contribution in [3.05, 3.63) is 35.9 Å². The first-order valence-corrected chi connectivity index (χ1v) is 7.38. The molecule has 1 unspecified atom stereocenters. The fourth-order valence-corrected chi connectivity index (χ4v) is 3.16. The summed E-state index contributed by atoms with van der Waals surface area (Å²) >= 11 is 0. The van der Waals surface area contributed by atoms with Crippen molar-refractivity contribution in [2.24, 2.45) is 0 Å². The Morgan fingerprint density at radius 3 is 2.40 bits per heavy atom. The van der Waals surface area contributed by atoms with Crippen LogP contribution >= 0.6 is 0 Å². The average Bonchev–Trinajstić information content (AvgIpc) is 2.48. The van der Waals surface area contributed by atoms with Crippen LogP contribution < -0.4 is 0 Å². The lowest BCUT2D eigenvalue weighted by Gasteiger charge is -2.38. The maximum atomic E-state index is 11.7. The van der Waals surface area contributed by atoms with E-state index in [9.17, 15) is 15.0 Å². The van der Waals surface area contributed by atoms with Gasteiger partial charge in [0, 0.05) is 12.6 Å². The van der Waals surface area contributed by atoms with Crippen LogP contribution in [-0.2, 0) is 4.79 Å². The van der Waals surface area contributed by atoms with E-state index in [2.05, 4.69) is 0 Å². The van der Waals surface area contributed by atoms with Crippen LogP contribution in [0.5, 0.6) is 0 Å². The third-order valence-electron chi connectivity index (χ3n) is 4.08. The molecule has 1 saturated carbocycles. The molecular weight excluding hydrogens is 254 g/mol. The highest BCUT2D eigenvalue weighted by molar-refractivity contribution is 5.75. The molecule has 1 fully saturated rings. The van der Waals surface area contributed by atoms with Gasteiger partial charge in [0.2, 0.25) is 0 Å². The van der Waals surface area contributed by atoms with Crippen molar-refractivity contribution in [3.8, 4) is 0 Å². The lowest BCUT2D eigenvalue weighted by Crippen LogP contribution is -2.44. The zero-order chi connectivity index (χ0) is 14.4. The van der Waals surface area contributed by atoms with Crippen molar-refractivity contribution in [3.63, 3.8) is 0 Å². The first-order chi connectivity index (χ1) is 9.74. The van der Waals surface area contributed by atoms with Crippen LogP contribution in [0, 0.1) is 0 Å². The van der Waals surface area contributed by atoms with Gasteiger partial charge in [0.15, 0.2) is 0 Å². The molecule has 2 N–H and O–H groups in total. The number of hydrogen-bond donors (Lipinski definition) is 2. The molecule has 4 nitrogen and oxygen atoms in total. The molecule has 20 heavy (non-hydrogen) atoms. The largest absolute Gasteiger partial charge is 0.480 e. The number of nitrogens with zero attached hydrogens (tertiary/aromatic N) is 1. The van der Waals surface area contributed by atoms with E-state index >= 15 is 0 Å². The number of rotatable bonds is 6. The van der Waals surface area contributed by atoms with Crippen LogP contribution in [0.15, 0.2) is 30.3 Å². The molecule has 0 heterocycles. The molecule has 1 atom stereocenters. The van der Waals surface area contributed by atoms with Gasteiger partial charge in [0.05, 0.1) is 6.61 Å². The van der Waals surface area contributed by atoms with Crippen LogP contribution in [0.3, 0.4) is 0 Å². The van der Waals surface area contributed by atoms with E-state index in [1.807, 2.05) is 35.2 Å². The van der Waals surface area contributed by atoms with Gasteiger partial charge in [-0.2, -0.15) is 0 Å². The Balaban J connectivity index is 2.25. The molecule has 1 aliphatic carbocycles. The molecule has 1 aromatic rings. The maximum absolute atomic E-state index is 11.7. The number of carbonyl (C=O) groups is 1. The summed E-state index contributed by atoms with van der Waals surface area (Å²) in [7, 11) is 0. The second-order valence-corrected chi connectivity index (χ2v) is 5.40. The minimum Gasteiger partial charge on any atom is -0.480 e. The quantitative estimate of drug-likeness (QED) is 0.838. The Hall–Kier alpha value is -1.39. The molecule has 2 rings (SSSR count).